The summed E-state index contributed by atoms with van der Waals surface area (Å²) in [5.74, 6) is 2.99. The molecule has 0 aliphatic carbocycles. The lowest BCUT2D eigenvalue weighted by molar-refractivity contribution is 0.354. The van der Waals surface area contributed by atoms with Gasteiger partial charge in [-0.2, -0.15) is 5.10 Å². The van der Waals surface area contributed by atoms with Crippen molar-refractivity contribution in [1.82, 2.24) is 15.2 Å². The van der Waals surface area contributed by atoms with E-state index in [1.165, 1.54) is 0 Å². The second-order valence-corrected chi connectivity index (χ2v) is 5.48. The molecule has 0 fully saturated rings. The summed E-state index contributed by atoms with van der Waals surface area (Å²) in [4.78, 5) is 4.55. The Morgan fingerprint density at radius 2 is 1.62 bits per heavy atom. The van der Waals surface area contributed by atoms with E-state index in [2.05, 4.69) is 15.2 Å². The number of hydrogen-bond donors (Lipinski definition) is 2. The number of benzene rings is 2. The first-order valence-electron chi connectivity index (χ1n) is 7.63. The van der Waals surface area contributed by atoms with Crippen LogP contribution in [0.2, 0.25) is 0 Å². The molecule has 1 aromatic heterocycles. The van der Waals surface area contributed by atoms with Crippen LogP contribution in [0.25, 0.3) is 0 Å². The van der Waals surface area contributed by atoms with Crippen molar-refractivity contribution >= 4 is 5.69 Å². The summed E-state index contributed by atoms with van der Waals surface area (Å²) in [7, 11) is 3.25. The largest absolute Gasteiger partial charge is 0.493 e. The first kappa shape index (κ1) is 15.9. The van der Waals surface area contributed by atoms with Crippen molar-refractivity contribution in [2.45, 2.75) is 12.8 Å². The van der Waals surface area contributed by atoms with Gasteiger partial charge in [0.05, 0.1) is 14.2 Å². The van der Waals surface area contributed by atoms with Crippen molar-refractivity contribution in [3.63, 3.8) is 0 Å². The van der Waals surface area contributed by atoms with E-state index in [0.717, 1.165) is 28.5 Å². The molecule has 0 spiro atoms. The number of nitrogens with zero attached hydrogens (tertiary/aromatic N) is 2. The minimum absolute atomic E-state index is 0.648. The van der Waals surface area contributed by atoms with Gasteiger partial charge >= 0.3 is 0 Å². The number of nitrogen functional groups attached to an aromatic ring is 1. The molecule has 0 amide bonds. The number of rotatable bonds is 6. The van der Waals surface area contributed by atoms with Crippen molar-refractivity contribution in [2.24, 2.45) is 0 Å². The fourth-order valence-corrected chi connectivity index (χ4v) is 2.49. The molecule has 0 aliphatic rings. The minimum atomic E-state index is 0.648. The summed E-state index contributed by atoms with van der Waals surface area (Å²) >= 11 is 0. The molecule has 0 aliphatic heterocycles. The molecule has 6 heteroatoms. The predicted molar refractivity (Wildman–Crippen MR) is 92.4 cm³/mol. The minimum Gasteiger partial charge on any atom is -0.493 e. The lowest BCUT2D eigenvalue weighted by Gasteiger charge is -2.08. The quantitative estimate of drug-likeness (QED) is 0.681. The maximum absolute atomic E-state index is 5.70. The zero-order valence-corrected chi connectivity index (χ0v) is 13.7. The van der Waals surface area contributed by atoms with Crippen LogP contribution >= 0.6 is 0 Å². The van der Waals surface area contributed by atoms with Crippen LogP contribution in [0.5, 0.6) is 11.5 Å². The van der Waals surface area contributed by atoms with E-state index in [-0.39, 0.29) is 0 Å². The SMILES string of the molecule is COc1ccc(Cc2nc(Cc3ccc(N)cc3)n[nH]2)cc1OC. The Hall–Kier alpha value is -3.02. The van der Waals surface area contributed by atoms with Crippen LogP contribution in [-0.4, -0.2) is 29.4 Å². The Morgan fingerprint density at radius 1 is 0.917 bits per heavy atom. The van der Waals surface area contributed by atoms with Crippen LogP contribution in [-0.2, 0) is 12.8 Å². The highest BCUT2D eigenvalue weighted by Crippen LogP contribution is 2.28. The van der Waals surface area contributed by atoms with Gasteiger partial charge in [-0.15, -0.1) is 0 Å². The Labute approximate surface area is 140 Å². The summed E-state index contributed by atoms with van der Waals surface area (Å²) in [6.45, 7) is 0. The highest BCUT2D eigenvalue weighted by Gasteiger charge is 2.08. The monoisotopic (exact) mass is 324 g/mol. The van der Waals surface area contributed by atoms with E-state index in [4.69, 9.17) is 15.2 Å². The van der Waals surface area contributed by atoms with Gasteiger partial charge in [0.1, 0.15) is 5.82 Å². The van der Waals surface area contributed by atoms with E-state index in [1.54, 1.807) is 14.2 Å². The molecule has 1 heterocycles. The molecule has 0 saturated carbocycles. The Bertz CT molecular complexity index is 812. The molecule has 6 nitrogen and oxygen atoms in total. The highest BCUT2D eigenvalue weighted by molar-refractivity contribution is 5.43. The van der Waals surface area contributed by atoms with E-state index < -0.39 is 0 Å². The van der Waals surface area contributed by atoms with Gasteiger partial charge in [-0.05, 0) is 35.4 Å². The molecule has 3 N–H and O–H groups in total. The molecular formula is C18H20N4O2. The van der Waals surface area contributed by atoms with Gasteiger partial charge in [-0.1, -0.05) is 18.2 Å². The van der Waals surface area contributed by atoms with Crippen LogP contribution in [0.1, 0.15) is 22.8 Å². The maximum atomic E-state index is 5.70. The molecule has 3 rings (SSSR count). The third kappa shape index (κ3) is 3.65. The predicted octanol–water partition coefficient (Wildman–Crippen LogP) is 2.59. The molecule has 0 bridgehead atoms. The molecule has 0 saturated heterocycles. The van der Waals surface area contributed by atoms with Crippen LogP contribution < -0.4 is 15.2 Å². The zero-order chi connectivity index (χ0) is 16.9. The molecule has 124 valence electrons. The average Bonchev–Trinajstić information content (AvgIpc) is 3.03. The fraction of sp³-hybridized carbons (Fsp3) is 0.222. The fourth-order valence-electron chi connectivity index (χ4n) is 2.49. The third-order valence-corrected chi connectivity index (χ3v) is 3.74. The highest BCUT2D eigenvalue weighted by atomic mass is 16.5. The first-order valence-corrected chi connectivity index (χ1v) is 7.63. The first-order chi connectivity index (χ1) is 11.7. The second-order valence-electron chi connectivity index (χ2n) is 5.48. The van der Waals surface area contributed by atoms with Crippen molar-refractivity contribution in [1.29, 1.82) is 0 Å². The number of nitrogens with one attached hydrogen (secondary N) is 1. The maximum Gasteiger partial charge on any atom is 0.161 e. The summed E-state index contributed by atoms with van der Waals surface area (Å²) < 4.78 is 10.6. The number of aromatic amines is 1. The number of anilines is 1. The van der Waals surface area contributed by atoms with Crippen LogP contribution in [0.3, 0.4) is 0 Å². The van der Waals surface area contributed by atoms with Crippen molar-refractivity contribution in [2.75, 3.05) is 20.0 Å². The Balaban J connectivity index is 1.70. The van der Waals surface area contributed by atoms with E-state index in [1.807, 2.05) is 42.5 Å². The number of nitrogens with two attached hydrogens (primary N) is 1. The smallest absolute Gasteiger partial charge is 0.161 e. The molecule has 0 unspecified atom stereocenters. The van der Waals surface area contributed by atoms with Gasteiger partial charge in [-0.3, -0.25) is 5.10 Å². The second kappa shape index (κ2) is 7.04. The molecule has 0 atom stereocenters. The van der Waals surface area contributed by atoms with E-state index >= 15 is 0 Å². The van der Waals surface area contributed by atoms with Gasteiger partial charge in [0, 0.05) is 18.5 Å². The van der Waals surface area contributed by atoms with Crippen LogP contribution in [0, 0.1) is 0 Å². The standard InChI is InChI=1S/C18H20N4O2/c1-23-15-8-5-13(9-16(15)24-2)11-18-20-17(21-22-18)10-12-3-6-14(19)7-4-12/h3-9H,10-11,19H2,1-2H3,(H,20,21,22). The molecule has 0 radical (unpaired) electrons. The lowest BCUT2D eigenvalue weighted by Crippen LogP contribution is -1.95. The zero-order valence-electron chi connectivity index (χ0n) is 13.7. The number of ether oxygens (including phenoxy) is 2. The Kier molecular flexibility index (Phi) is 4.65. The summed E-state index contributed by atoms with van der Waals surface area (Å²) in [6, 6.07) is 13.6. The van der Waals surface area contributed by atoms with E-state index in [0.29, 0.717) is 24.3 Å². The Morgan fingerprint density at radius 3 is 2.33 bits per heavy atom. The van der Waals surface area contributed by atoms with E-state index in [9.17, 15) is 0 Å². The number of methoxy groups -OCH3 is 2. The van der Waals surface area contributed by atoms with Gasteiger partial charge in [-0.25, -0.2) is 4.98 Å². The molecule has 2 aromatic carbocycles. The lowest BCUT2D eigenvalue weighted by atomic mass is 10.1. The summed E-state index contributed by atoms with van der Waals surface area (Å²) in [5, 5.41) is 7.28. The number of hydrogen-bond acceptors (Lipinski definition) is 5. The third-order valence-electron chi connectivity index (χ3n) is 3.74. The summed E-state index contributed by atoms with van der Waals surface area (Å²) in [6.07, 6.45) is 1.32. The van der Waals surface area contributed by atoms with Gasteiger partial charge < -0.3 is 15.2 Å². The van der Waals surface area contributed by atoms with Crippen molar-refractivity contribution in [3.05, 3.63) is 65.2 Å². The van der Waals surface area contributed by atoms with Crippen molar-refractivity contribution in [3.8, 4) is 11.5 Å². The van der Waals surface area contributed by atoms with Gasteiger partial charge in [0.2, 0.25) is 0 Å². The normalized spacial score (nSPS) is 10.6. The topological polar surface area (TPSA) is 86.0 Å². The van der Waals surface area contributed by atoms with Gasteiger partial charge in [0.15, 0.2) is 17.3 Å². The molecule has 24 heavy (non-hydrogen) atoms. The van der Waals surface area contributed by atoms with Gasteiger partial charge in [0.25, 0.3) is 0 Å². The van der Waals surface area contributed by atoms with Crippen molar-refractivity contribution < 1.29 is 9.47 Å². The number of aromatic nitrogens is 3. The molecular weight excluding hydrogens is 304 g/mol. The molecule has 3 aromatic rings. The number of H-pyrrole nitrogens is 1. The average molecular weight is 324 g/mol. The summed E-state index contributed by atoms with van der Waals surface area (Å²) in [5.41, 5.74) is 8.65. The van der Waals surface area contributed by atoms with Crippen LogP contribution in [0.4, 0.5) is 5.69 Å². The van der Waals surface area contributed by atoms with Crippen LogP contribution in [0.15, 0.2) is 42.5 Å².